The average Bonchev–Trinajstić information content (AvgIpc) is 2.94. The third-order valence-corrected chi connectivity index (χ3v) is 5.52. The Bertz CT molecular complexity index is 595. The quantitative estimate of drug-likeness (QED) is 0.942. The van der Waals surface area contributed by atoms with Gasteiger partial charge in [-0.05, 0) is 26.3 Å². The van der Waals surface area contributed by atoms with Gasteiger partial charge in [-0.2, -0.15) is 0 Å². The van der Waals surface area contributed by atoms with Crippen molar-refractivity contribution in [2.75, 3.05) is 19.6 Å². The molecule has 0 aliphatic carbocycles. The highest BCUT2D eigenvalue weighted by molar-refractivity contribution is 7.09. The first-order valence-electron chi connectivity index (χ1n) is 7.55. The Morgan fingerprint density at radius 3 is 2.76 bits per heavy atom. The minimum atomic E-state index is 0.0140. The largest absolute Gasteiger partial charge is 0.305 e. The zero-order chi connectivity index (χ0) is 14.9. The van der Waals surface area contributed by atoms with E-state index in [1.165, 1.54) is 10.6 Å². The molecule has 2 unspecified atom stereocenters. The second kappa shape index (κ2) is 5.87. The summed E-state index contributed by atoms with van der Waals surface area (Å²) in [5.74, 6) is 0. The van der Waals surface area contributed by atoms with Crippen molar-refractivity contribution in [3.05, 3.63) is 52.0 Å². The van der Waals surface area contributed by atoms with Crippen LogP contribution in [0.4, 0.5) is 0 Å². The van der Waals surface area contributed by atoms with Crippen LogP contribution in [-0.2, 0) is 5.54 Å². The number of benzene rings is 1. The first-order chi connectivity index (χ1) is 10.1. The van der Waals surface area contributed by atoms with Crippen LogP contribution in [-0.4, -0.2) is 29.5 Å². The molecular formula is C17H23N3S. The number of nitrogens with one attached hydrogen (secondary N) is 1. The van der Waals surface area contributed by atoms with E-state index in [1.807, 2.05) is 0 Å². The number of aryl methyl sites for hydroxylation is 1. The van der Waals surface area contributed by atoms with Gasteiger partial charge < -0.3 is 5.32 Å². The van der Waals surface area contributed by atoms with E-state index in [9.17, 15) is 0 Å². The summed E-state index contributed by atoms with van der Waals surface area (Å²) in [6.45, 7) is 9.74. The van der Waals surface area contributed by atoms with Crippen LogP contribution in [0.5, 0.6) is 0 Å². The number of hydrogen-bond donors (Lipinski definition) is 1. The molecule has 2 heterocycles. The first-order valence-corrected chi connectivity index (χ1v) is 8.43. The van der Waals surface area contributed by atoms with Crippen molar-refractivity contribution in [2.24, 2.45) is 0 Å². The molecule has 1 saturated heterocycles. The molecule has 1 N–H and O–H groups in total. The fourth-order valence-electron chi connectivity index (χ4n) is 3.07. The Hall–Kier alpha value is -1.23. The standard InChI is InChI=1S/C17H23N3S/c1-13-11-21-16(19-13)14(2)20-10-9-18-17(3,12-20)15-7-5-4-6-8-15/h4-8,11,14,18H,9-10,12H2,1-3H3. The number of piperazine rings is 1. The van der Waals surface area contributed by atoms with E-state index in [1.54, 1.807) is 11.3 Å². The van der Waals surface area contributed by atoms with Gasteiger partial charge in [0.25, 0.3) is 0 Å². The van der Waals surface area contributed by atoms with Gasteiger partial charge in [0.05, 0.1) is 11.6 Å². The Kier molecular flexibility index (Phi) is 4.11. The fourth-order valence-corrected chi connectivity index (χ4v) is 3.95. The highest BCUT2D eigenvalue weighted by atomic mass is 32.1. The summed E-state index contributed by atoms with van der Waals surface area (Å²) in [4.78, 5) is 7.21. The van der Waals surface area contributed by atoms with E-state index < -0.39 is 0 Å². The van der Waals surface area contributed by atoms with Gasteiger partial charge in [-0.3, -0.25) is 4.90 Å². The van der Waals surface area contributed by atoms with Gasteiger partial charge in [0, 0.05) is 30.7 Å². The molecule has 1 aliphatic rings. The van der Waals surface area contributed by atoms with Gasteiger partial charge >= 0.3 is 0 Å². The van der Waals surface area contributed by atoms with Crippen LogP contribution in [0.15, 0.2) is 35.7 Å². The van der Waals surface area contributed by atoms with Gasteiger partial charge in [-0.15, -0.1) is 11.3 Å². The van der Waals surface area contributed by atoms with Crippen molar-refractivity contribution in [2.45, 2.75) is 32.4 Å². The lowest BCUT2D eigenvalue weighted by Gasteiger charge is -2.44. The van der Waals surface area contributed by atoms with E-state index in [2.05, 4.69) is 71.7 Å². The highest BCUT2D eigenvalue weighted by Crippen LogP contribution is 2.30. The number of rotatable bonds is 3. The summed E-state index contributed by atoms with van der Waals surface area (Å²) >= 11 is 1.77. The number of aromatic nitrogens is 1. The van der Waals surface area contributed by atoms with Gasteiger partial charge in [-0.1, -0.05) is 30.3 Å². The lowest BCUT2D eigenvalue weighted by atomic mass is 9.89. The van der Waals surface area contributed by atoms with Crippen LogP contribution in [0.1, 0.15) is 36.2 Å². The second-order valence-corrected chi connectivity index (χ2v) is 6.99. The van der Waals surface area contributed by atoms with Gasteiger partial charge in [0.2, 0.25) is 0 Å². The summed E-state index contributed by atoms with van der Waals surface area (Å²) < 4.78 is 0. The van der Waals surface area contributed by atoms with Crippen LogP contribution in [0, 0.1) is 6.92 Å². The zero-order valence-corrected chi connectivity index (χ0v) is 13.8. The van der Waals surface area contributed by atoms with Crippen LogP contribution in [0.2, 0.25) is 0 Å². The molecule has 1 fully saturated rings. The minimum absolute atomic E-state index is 0.0140. The average molecular weight is 301 g/mol. The third-order valence-electron chi connectivity index (χ3n) is 4.39. The molecular weight excluding hydrogens is 278 g/mol. The lowest BCUT2D eigenvalue weighted by molar-refractivity contribution is 0.106. The molecule has 0 bridgehead atoms. The van der Waals surface area contributed by atoms with Crippen molar-refractivity contribution in [1.29, 1.82) is 0 Å². The monoisotopic (exact) mass is 301 g/mol. The van der Waals surface area contributed by atoms with Crippen molar-refractivity contribution in [3.63, 3.8) is 0 Å². The summed E-state index contributed by atoms with van der Waals surface area (Å²) in [6.07, 6.45) is 0. The van der Waals surface area contributed by atoms with E-state index in [0.717, 1.165) is 25.3 Å². The van der Waals surface area contributed by atoms with Crippen LogP contribution >= 0.6 is 11.3 Å². The van der Waals surface area contributed by atoms with Crippen molar-refractivity contribution in [1.82, 2.24) is 15.2 Å². The first kappa shape index (κ1) is 14.7. The molecule has 112 valence electrons. The van der Waals surface area contributed by atoms with Crippen LogP contribution in [0.3, 0.4) is 0 Å². The molecule has 1 aromatic heterocycles. The molecule has 21 heavy (non-hydrogen) atoms. The summed E-state index contributed by atoms with van der Waals surface area (Å²) in [6, 6.07) is 11.1. The maximum atomic E-state index is 4.66. The zero-order valence-electron chi connectivity index (χ0n) is 13.0. The predicted molar refractivity (Wildman–Crippen MR) is 88.6 cm³/mol. The Morgan fingerprint density at radius 2 is 2.10 bits per heavy atom. The van der Waals surface area contributed by atoms with E-state index >= 15 is 0 Å². The van der Waals surface area contributed by atoms with E-state index in [-0.39, 0.29) is 5.54 Å². The number of hydrogen-bond acceptors (Lipinski definition) is 4. The lowest BCUT2D eigenvalue weighted by Crippen LogP contribution is -2.57. The predicted octanol–water partition coefficient (Wildman–Crippen LogP) is 3.33. The smallest absolute Gasteiger partial charge is 0.110 e. The molecule has 2 atom stereocenters. The molecule has 0 radical (unpaired) electrons. The van der Waals surface area contributed by atoms with Gasteiger partial charge in [0.1, 0.15) is 5.01 Å². The normalized spacial score (nSPS) is 24.9. The Morgan fingerprint density at radius 1 is 1.33 bits per heavy atom. The molecule has 3 nitrogen and oxygen atoms in total. The second-order valence-electron chi connectivity index (χ2n) is 6.10. The molecule has 3 rings (SSSR count). The van der Waals surface area contributed by atoms with E-state index in [4.69, 9.17) is 0 Å². The van der Waals surface area contributed by atoms with Crippen LogP contribution < -0.4 is 5.32 Å². The Labute approximate surface area is 131 Å². The van der Waals surface area contributed by atoms with Crippen molar-refractivity contribution < 1.29 is 0 Å². The summed E-state index contributed by atoms with van der Waals surface area (Å²) in [7, 11) is 0. The van der Waals surface area contributed by atoms with E-state index in [0.29, 0.717) is 6.04 Å². The van der Waals surface area contributed by atoms with Crippen molar-refractivity contribution in [3.8, 4) is 0 Å². The maximum absolute atomic E-state index is 4.66. The SMILES string of the molecule is Cc1csc(C(C)N2CCNC(C)(c3ccccc3)C2)n1. The maximum Gasteiger partial charge on any atom is 0.110 e. The summed E-state index contributed by atoms with van der Waals surface area (Å²) in [5, 5.41) is 7.06. The van der Waals surface area contributed by atoms with Gasteiger partial charge in [0.15, 0.2) is 0 Å². The molecule has 0 amide bonds. The molecule has 1 aromatic carbocycles. The minimum Gasteiger partial charge on any atom is -0.305 e. The molecule has 2 aromatic rings. The Balaban J connectivity index is 1.79. The van der Waals surface area contributed by atoms with Crippen LogP contribution in [0.25, 0.3) is 0 Å². The third kappa shape index (κ3) is 3.03. The van der Waals surface area contributed by atoms with Crippen molar-refractivity contribution >= 4 is 11.3 Å². The molecule has 1 aliphatic heterocycles. The van der Waals surface area contributed by atoms with Gasteiger partial charge in [-0.25, -0.2) is 4.98 Å². The molecule has 0 saturated carbocycles. The number of thiazole rings is 1. The topological polar surface area (TPSA) is 28.2 Å². The number of nitrogens with zero attached hydrogens (tertiary/aromatic N) is 2. The fraction of sp³-hybridized carbons (Fsp3) is 0.471. The molecule has 4 heteroatoms. The summed E-state index contributed by atoms with van der Waals surface area (Å²) in [5.41, 5.74) is 2.50. The highest BCUT2D eigenvalue weighted by Gasteiger charge is 2.34. The molecule has 0 spiro atoms.